The van der Waals surface area contributed by atoms with Gasteiger partial charge in [-0.3, -0.25) is 0 Å². The van der Waals surface area contributed by atoms with Crippen LogP contribution in [0.4, 0.5) is 13.2 Å². The predicted octanol–water partition coefficient (Wildman–Crippen LogP) is 7.53. The first-order chi connectivity index (χ1) is 16.7. The molecule has 1 heterocycles. The topological polar surface area (TPSA) is 60.2 Å². The van der Waals surface area contributed by atoms with Crippen LogP contribution in [0.15, 0.2) is 54.6 Å². The van der Waals surface area contributed by atoms with E-state index in [1.807, 2.05) is 30.3 Å². The molecule has 0 saturated carbocycles. The number of fused-ring (bicyclic) bond motifs is 1. The summed E-state index contributed by atoms with van der Waals surface area (Å²) in [4.78, 5) is 1.20. The summed E-state index contributed by atoms with van der Waals surface area (Å²) < 4.78 is 45.2. The predicted molar refractivity (Wildman–Crippen MR) is 135 cm³/mol. The van der Waals surface area contributed by atoms with Crippen LogP contribution in [0, 0.1) is 5.41 Å². The zero-order chi connectivity index (χ0) is 26.5. The molecule has 0 fully saturated rings. The van der Waals surface area contributed by atoms with E-state index in [4.69, 9.17) is 4.74 Å². The highest BCUT2D eigenvalue weighted by Crippen LogP contribution is 2.44. The van der Waals surface area contributed by atoms with Gasteiger partial charge in [-0.2, -0.15) is 13.2 Å². The number of para-hydroxylation sites is 1. The Morgan fingerprint density at radius 3 is 2.14 bits per heavy atom. The first-order valence-corrected chi connectivity index (χ1v) is 11.7. The van der Waals surface area contributed by atoms with Crippen molar-refractivity contribution in [3.05, 3.63) is 65.7 Å². The summed E-state index contributed by atoms with van der Waals surface area (Å²) in [6, 6.07) is 14.3. The summed E-state index contributed by atoms with van der Waals surface area (Å²) in [5, 5.41) is 20.1. The van der Waals surface area contributed by atoms with E-state index in [-0.39, 0.29) is 27.8 Å². The third-order valence-corrected chi connectivity index (χ3v) is 6.16. The standard InChI is InChI=1S/C28H30F3N3O2/c1-26(2,3)16-27(4,5)18-13-20(19-9-7-8-10-24(19)36-6)25(35)23(15-18)34-32-21-12-11-17(28(29,30)31)14-22(21)33-34/h7-15,35H,16H2,1-6H3. The molecule has 3 aromatic carbocycles. The van der Waals surface area contributed by atoms with Gasteiger partial charge in [-0.1, -0.05) is 52.8 Å². The number of halogens is 3. The molecule has 0 unspecified atom stereocenters. The summed E-state index contributed by atoms with van der Waals surface area (Å²) in [7, 11) is 1.56. The van der Waals surface area contributed by atoms with Crippen LogP contribution in [-0.4, -0.2) is 27.2 Å². The van der Waals surface area contributed by atoms with Crippen molar-refractivity contribution in [3.63, 3.8) is 0 Å². The lowest BCUT2D eigenvalue weighted by atomic mass is 9.71. The van der Waals surface area contributed by atoms with Gasteiger partial charge in [-0.15, -0.1) is 15.0 Å². The average molecular weight is 498 g/mol. The number of hydrogen-bond donors (Lipinski definition) is 1. The van der Waals surface area contributed by atoms with Crippen molar-refractivity contribution < 1.29 is 23.0 Å². The molecule has 1 aromatic heterocycles. The Labute approximate surface area is 208 Å². The van der Waals surface area contributed by atoms with E-state index in [1.54, 1.807) is 13.2 Å². The molecule has 5 nitrogen and oxygen atoms in total. The molecule has 0 atom stereocenters. The van der Waals surface area contributed by atoms with Gasteiger partial charge in [0.15, 0.2) is 5.75 Å². The Kier molecular flexibility index (Phi) is 6.27. The van der Waals surface area contributed by atoms with Crippen molar-refractivity contribution in [2.24, 2.45) is 5.41 Å². The van der Waals surface area contributed by atoms with Crippen LogP contribution in [0.3, 0.4) is 0 Å². The van der Waals surface area contributed by atoms with Crippen LogP contribution in [-0.2, 0) is 11.6 Å². The molecular formula is C28H30F3N3O2. The van der Waals surface area contributed by atoms with Gasteiger partial charge in [-0.25, -0.2) is 0 Å². The number of phenols is 1. The smallest absolute Gasteiger partial charge is 0.416 e. The van der Waals surface area contributed by atoms with E-state index in [1.165, 1.54) is 10.9 Å². The maximum absolute atomic E-state index is 13.2. The molecule has 0 bridgehead atoms. The summed E-state index contributed by atoms with van der Waals surface area (Å²) in [6.45, 7) is 10.7. The second kappa shape index (κ2) is 8.84. The third-order valence-electron chi connectivity index (χ3n) is 6.16. The van der Waals surface area contributed by atoms with Gasteiger partial charge in [-0.05, 0) is 59.2 Å². The van der Waals surface area contributed by atoms with Crippen molar-refractivity contribution >= 4 is 11.0 Å². The van der Waals surface area contributed by atoms with Crippen LogP contribution in [0.1, 0.15) is 52.2 Å². The second-order valence-electron chi connectivity index (χ2n) is 10.9. The Morgan fingerprint density at radius 1 is 0.833 bits per heavy atom. The van der Waals surface area contributed by atoms with Crippen LogP contribution in [0.5, 0.6) is 11.5 Å². The number of phenolic OH excluding ortho intramolecular Hbond substituents is 1. The van der Waals surface area contributed by atoms with Crippen LogP contribution < -0.4 is 4.74 Å². The van der Waals surface area contributed by atoms with Gasteiger partial charge in [0.05, 0.1) is 12.7 Å². The lowest BCUT2D eigenvalue weighted by Gasteiger charge is -2.33. The van der Waals surface area contributed by atoms with Crippen molar-refractivity contribution in [1.29, 1.82) is 0 Å². The average Bonchev–Trinajstić information content (AvgIpc) is 3.20. The highest BCUT2D eigenvalue weighted by molar-refractivity contribution is 5.81. The number of aromatic nitrogens is 3. The zero-order valence-corrected chi connectivity index (χ0v) is 21.2. The van der Waals surface area contributed by atoms with E-state index in [2.05, 4.69) is 44.8 Å². The Balaban J connectivity index is 1.97. The molecule has 1 N–H and O–H groups in total. The number of rotatable bonds is 5. The normalized spacial score (nSPS) is 12.8. The summed E-state index contributed by atoms with van der Waals surface area (Å²) in [6.07, 6.45) is -3.65. The quantitative estimate of drug-likeness (QED) is 0.310. The lowest BCUT2D eigenvalue weighted by molar-refractivity contribution is -0.137. The van der Waals surface area contributed by atoms with Gasteiger partial charge in [0.25, 0.3) is 0 Å². The number of methoxy groups -OCH3 is 1. The number of hydrogen-bond acceptors (Lipinski definition) is 4. The minimum Gasteiger partial charge on any atom is -0.505 e. The van der Waals surface area contributed by atoms with Gasteiger partial charge in [0.1, 0.15) is 22.5 Å². The minimum absolute atomic E-state index is 0.0266. The number of alkyl halides is 3. The van der Waals surface area contributed by atoms with Crippen LogP contribution >= 0.6 is 0 Å². The van der Waals surface area contributed by atoms with Crippen molar-refractivity contribution in [2.75, 3.05) is 7.11 Å². The van der Waals surface area contributed by atoms with Gasteiger partial charge in [0, 0.05) is 11.1 Å². The Bertz CT molecular complexity index is 1420. The molecule has 0 spiro atoms. The van der Waals surface area contributed by atoms with E-state index < -0.39 is 11.7 Å². The molecule has 4 aromatic rings. The van der Waals surface area contributed by atoms with E-state index >= 15 is 0 Å². The van der Waals surface area contributed by atoms with Crippen LogP contribution in [0.2, 0.25) is 0 Å². The molecule has 8 heteroatoms. The largest absolute Gasteiger partial charge is 0.505 e. The van der Waals surface area contributed by atoms with Gasteiger partial charge in [0.2, 0.25) is 0 Å². The summed E-state index contributed by atoms with van der Waals surface area (Å²) in [5.41, 5.74) is 1.72. The monoisotopic (exact) mass is 497 g/mol. The molecule has 4 rings (SSSR count). The van der Waals surface area contributed by atoms with Crippen molar-refractivity contribution in [3.8, 4) is 28.3 Å². The molecule has 0 amide bonds. The first kappa shape index (κ1) is 25.5. The molecule has 0 aliphatic heterocycles. The van der Waals surface area contributed by atoms with E-state index in [0.717, 1.165) is 24.1 Å². The fourth-order valence-corrected chi connectivity index (χ4v) is 4.86. The summed E-state index contributed by atoms with van der Waals surface area (Å²) >= 11 is 0. The third kappa shape index (κ3) is 5.03. The number of nitrogens with zero attached hydrogens (tertiary/aromatic N) is 3. The molecule has 0 aliphatic rings. The molecule has 0 aliphatic carbocycles. The fourth-order valence-electron chi connectivity index (χ4n) is 4.86. The minimum atomic E-state index is -4.49. The molecular weight excluding hydrogens is 467 g/mol. The number of benzene rings is 3. The number of aromatic hydroxyl groups is 1. The van der Waals surface area contributed by atoms with E-state index in [9.17, 15) is 18.3 Å². The Morgan fingerprint density at radius 2 is 1.50 bits per heavy atom. The van der Waals surface area contributed by atoms with Gasteiger partial charge >= 0.3 is 6.18 Å². The van der Waals surface area contributed by atoms with E-state index in [0.29, 0.717) is 22.4 Å². The van der Waals surface area contributed by atoms with Crippen molar-refractivity contribution in [2.45, 2.75) is 52.6 Å². The maximum Gasteiger partial charge on any atom is 0.416 e. The summed E-state index contributed by atoms with van der Waals surface area (Å²) in [5.74, 6) is 0.490. The molecule has 36 heavy (non-hydrogen) atoms. The van der Waals surface area contributed by atoms with Gasteiger partial charge < -0.3 is 9.84 Å². The Hall–Kier alpha value is -3.55. The highest BCUT2D eigenvalue weighted by Gasteiger charge is 2.32. The molecule has 0 saturated heterocycles. The highest BCUT2D eigenvalue weighted by atomic mass is 19.4. The molecule has 190 valence electrons. The van der Waals surface area contributed by atoms with Crippen LogP contribution in [0.25, 0.3) is 27.8 Å². The zero-order valence-electron chi connectivity index (χ0n) is 21.2. The fraction of sp³-hybridized carbons (Fsp3) is 0.357. The first-order valence-electron chi connectivity index (χ1n) is 11.7. The SMILES string of the molecule is COc1ccccc1-c1cc(C(C)(C)CC(C)(C)C)cc(-n2nc3ccc(C(F)(F)F)cc3n2)c1O. The van der Waals surface area contributed by atoms with Crippen molar-refractivity contribution in [1.82, 2.24) is 15.0 Å². The number of ether oxygens (including phenoxy) is 1. The second-order valence-corrected chi connectivity index (χ2v) is 10.9. The maximum atomic E-state index is 13.2. The molecule has 0 radical (unpaired) electrons. The lowest BCUT2D eigenvalue weighted by Crippen LogP contribution is -2.25.